The summed E-state index contributed by atoms with van der Waals surface area (Å²) in [5.74, 6) is 1.72. The molecule has 4 nitrogen and oxygen atoms in total. The molecular weight excluding hydrogens is 428 g/mol. The van der Waals surface area contributed by atoms with E-state index in [1.165, 1.54) is 44.6 Å². The fourth-order valence-electron chi connectivity index (χ4n) is 3.48. The molecule has 0 spiro atoms. The number of hydrogen-bond donors (Lipinski definition) is 0. The number of hydrogen-bond acceptors (Lipinski definition) is 4. The lowest BCUT2D eigenvalue weighted by molar-refractivity contribution is 0.0734. The number of ether oxygens (including phenoxy) is 3. The molecule has 0 heterocycles. The van der Waals surface area contributed by atoms with E-state index in [2.05, 4.69) is 26.6 Å². The Labute approximate surface area is 201 Å². The van der Waals surface area contributed by atoms with Crippen LogP contribution < -0.4 is 14.2 Å². The maximum Gasteiger partial charge on any atom is 0.343 e. The van der Waals surface area contributed by atoms with Gasteiger partial charge in [0.2, 0.25) is 0 Å². The summed E-state index contributed by atoms with van der Waals surface area (Å²) in [6.45, 7) is 10.9. The van der Waals surface area contributed by atoms with E-state index < -0.39 is 8.07 Å². The zero-order valence-electron chi connectivity index (χ0n) is 21.0. The first-order valence-electron chi connectivity index (χ1n) is 12.6. The summed E-state index contributed by atoms with van der Waals surface area (Å²) < 4.78 is 17.1. The number of rotatable bonds is 16. The van der Waals surface area contributed by atoms with Crippen molar-refractivity contribution in [3.63, 3.8) is 0 Å². The molecule has 0 saturated carbocycles. The van der Waals surface area contributed by atoms with E-state index in [1.807, 2.05) is 24.3 Å². The number of unbranched alkanes of at least 4 members (excludes halogenated alkanes) is 6. The van der Waals surface area contributed by atoms with Gasteiger partial charge in [-0.15, -0.1) is 0 Å². The van der Waals surface area contributed by atoms with Crippen LogP contribution in [-0.2, 0) is 0 Å². The minimum Gasteiger partial charge on any atom is -0.494 e. The Morgan fingerprint density at radius 1 is 0.667 bits per heavy atom. The Kier molecular flexibility index (Phi) is 12.1. The van der Waals surface area contributed by atoms with E-state index in [0.29, 0.717) is 17.9 Å². The molecule has 2 aromatic rings. The summed E-state index contributed by atoms with van der Waals surface area (Å²) in [6, 6.07) is 15.8. The van der Waals surface area contributed by atoms with Crippen molar-refractivity contribution in [2.75, 3.05) is 13.2 Å². The van der Waals surface area contributed by atoms with Crippen LogP contribution in [0.3, 0.4) is 0 Å². The van der Waals surface area contributed by atoms with Gasteiger partial charge >= 0.3 is 5.97 Å². The van der Waals surface area contributed by atoms with Crippen LogP contribution in [0.25, 0.3) is 0 Å². The predicted octanol–water partition coefficient (Wildman–Crippen LogP) is 8.14. The molecule has 0 atom stereocenters. The second-order valence-corrected chi connectivity index (χ2v) is 15.5. The molecule has 33 heavy (non-hydrogen) atoms. The second kappa shape index (κ2) is 14.8. The number of benzene rings is 2. The van der Waals surface area contributed by atoms with Gasteiger partial charge in [-0.3, -0.25) is 0 Å². The maximum absolute atomic E-state index is 12.4. The Morgan fingerprint density at radius 3 is 1.70 bits per heavy atom. The van der Waals surface area contributed by atoms with E-state index in [-0.39, 0.29) is 5.97 Å². The molecule has 0 aromatic heterocycles. The molecule has 182 valence electrons. The van der Waals surface area contributed by atoms with E-state index in [0.717, 1.165) is 30.9 Å². The first kappa shape index (κ1) is 27.0. The highest BCUT2D eigenvalue weighted by Crippen LogP contribution is 2.21. The molecule has 0 fully saturated rings. The van der Waals surface area contributed by atoms with E-state index in [9.17, 15) is 4.79 Å². The Balaban J connectivity index is 1.68. The lowest BCUT2D eigenvalue weighted by atomic mass is 10.2. The largest absolute Gasteiger partial charge is 0.494 e. The van der Waals surface area contributed by atoms with Gasteiger partial charge in [0.05, 0.1) is 18.8 Å². The summed E-state index contributed by atoms with van der Waals surface area (Å²) in [5.41, 5.74) is 0.504. The topological polar surface area (TPSA) is 44.8 Å². The van der Waals surface area contributed by atoms with Crippen molar-refractivity contribution in [1.82, 2.24) is 0 Å². The lowest BCUT2D eigenvalue weighted by Gasteiger charge is -2.15. The molecular formula is C28H42O4Si. The predicted molar refractivity (Wildman–Crippen MR) is 140 cm³/mol. The third-order valence-electron chi connectivity index (χ3n) is 5.48. The third-order valence-corrected chi connectivity index (χ3v) is 7.33. The van der Waals surface area contributed by atoms with Crippen LogP contribution in [0.5, 0.6) is 17.2 Å². The van der Waals surface area contributed by atoms with Crippen LogP contribution in [0.1, 0.15) is 68.6 Å². The first-order chi connectivity index (χ1) is 15.9. The van der Waals surface area contributed by atoms with Crippen LogP contribution in [0.2, 0.25) is 25.7 Å². The molecule has 0 saturated heterocycles. The van der Waals surface area contributed by atoms with Gasteiger partial charge in [0.1, 0.15) is 17.2 Å². The summed E-state index contributed by atoms with van der Waals surface area (Å²) in [6.07, 6.45) is 9.61. The minimum absolute atomic E-state index is 0.378. The number of esters is 1. The van der Waals surface area contributed by atoms with E-state index in [4.69, 9.17) is 14.2 Å². The first-order valence-corrected chi connectivity index (χ1v) is 16.3. The molecule has 0 N–H and O–H groups in total. The van der Waals surface area contributed by atoms with Gasteiger partial charge in [-0.05, 0) is 61.4 Å². The van der Waals surface area contributed by atoms with Crippen LogP contribution in [0.15, 0.2) is 48.5 Å². The lowest BCUT2D eigenvalue weighted by Crippen LogP contribution is -2.18. The van der Waals surface area contributed by atoms with Gasteiger partial charge in [-0.2, -0.15) is 0 Å². The monoisotopic (exact) mass is 470 g/mol. The summed E-state index contributed by atoms with van der Waals surface area (Å²) in [5, 5.41) is 0. The number of carbonyl (C=O) groups excluding carboxylic acids is 1. The quantitative estimate of drug-likeness (QED) is 0.107. The highest BCUT2D eigenvalue weighted by molar-refractivity contribution is 6.76. The zero-order chi connectivity index (χ0) is 23.9. The van der Waals surface area contributed by atoms with Gasteiger partial charge in [-0.25, -0.2) is 4.79 Å². The Morgan fingerprint density at radius 2 is 1.15 bits per heavy atom. The fourth-order valence-corrected chi connectivity index (χ4v) is 4.79. The van der Waals surface area contributed by atoms with Crippen molar-refractivity contribution < 1.29 is 19.0 Å². The van der Waals surface area contributed by atoms with Gasteiger partial charge in [0.15, 0.2) is 0 Å². The van der Waals surface area contributed by atoms with Crippen molar-refractivity contribution in [3.05, 3.63) is 54.1 Å². The minimum atomic E-state index is -0.928. The molecule has 0 aliphatic rings. The van der Waals surface area contributed by atoms with Crippen LogP contribution >= 0.6 is 0 Å². The average Bonchev–Trinajstić information content (AvgIpc) is 2.79. The van der Waals surface area contributed by atoms with Gasteiger partial charge in [0.25, 0.3) is 0 Å². The Hall–Kier alpha value is -2.27. The molecule has 2 aromatic carbocycles. The van der Waals surface area contributed by atoms with Crippen LogP contribution in [0.4, 0.5) is 0 Å². The summed E-state index contributed by atoms with van der Waals surface area (Å²) in [7, 11) is -0.928. The van der Waals surface area contributed by atoms with Gasteiger partial charge in [-0.1, -0.05) is 71.1 Å². The van der Waals surface area contributed by atoms with Crippen molar-refractivity contribution in [1.29, 1.82) is 0 Å². The molecule has 0 unspecified atom stereocenters. The molecule has 0 aliphatic carbocycles. The highest BCUT2D eigenvalue weighted by Gasteiger charge is 2.12. The average molecular weight is 471 g/mol. The number of carbonyl (C=O) groups is 1. The second-order valence-electron chi connectivity index (χ2n) is 9.87. The van der Waals surface area contributed by atoms with Gasteiger partial charge in [0, 0.05) is 8.07 Å². The standard InChI is InChI=1S/C28H42O4Si/c1-5-6-7-8-10-21-30-25-15-13-24(14-16-25)28(29)32-27-19-17-26(18-20-27)31-22-11-9-12-23-33(2,3)4/h13-20H,5-12,21-23H2,1-4H3. The molecule has 0 bridgehead atoms. The van der Waals surface area contributed by atoms with Crippen molar-refractivity contribution in [3.8, 4) is 17.2 Å². The van der Waals surface area contributed by atoms with Crippen molar-refractivity contribution in [2.45, 2.75) is 84.0 Å². The normalized spacial score (nSPS) is 11.3. The van der Waals surface area contributed by atoms with E-state index >= 15 is 0 Å². The summed E-state index contributed by atoms with van der Waals surface area (Å²) >= 11 is 0. The maximum atomic E-state index is 12.4. The molecule has 5 heteroatoms. The smallest absolute Gasteiger partial charge is 0.343 e. The van der Waals surface area contributed by atoms with Gasteiger partial charge < -0.3 is 14.2 Å². The molecule has 0 aliphatic heterocycles. The molecule has 0 amide bonds. The zero-order valence-corrected chi connectivity index (χ0v) is 22.0. The van der Waals surface area contributed by atoms with E-state index in [1.54, 1.807) is 24.3 Å². The van der Waals surface area contributed by atoms with Crippen molar-refractivity contribution in [2.24, 2.45) is 0 Å². The van der Waals surface area contributed by atoms with Crippen LogP contribution in [-0.4, -0.2) is 27.3 Å². The SMILES string of the molecule is CCCCCCCOc1ccc(C(=O)Oc2ccc(OCCCCC[Si](C)(C)C)cc2)cc1. The van der Waals surface area contributed by atoms with Crippen LogP contribution in [0, 0.1) is 0 Å². The molecule has 0 radical (unpaired) electrons. The molecule has 2 rings (SSSR count). The fraction of sp³-hybridized carbons (Fsp3) is 0.536. The Bertz CT molecular complexity index is 794. The third kappa shape index (κ3) is 12.0. The summed E-state index contributed by atoms with van der Waals surface area (Å²) in [4.78, 5) is 12.4. The highest BCUT2D eigenvalue weighted by atomic mass is 28.3. The van der Waals surface area contributed by atoms with Crippen molar-refractivity contribution >= 4 is 14.0 Å².